The van der Waals surface area contributed by atoms with Crippen molar-refractivity contribution in [3.05, 3.63) is 28.8 Å². The quantitative estimate of drug-likeness (QED) is 0.662. The van der Waals surface area contributed by atoms with E-state index in [2.05, 4.69) is 10.6 Å². The van der Waals surface area contributed by atoms with Crippen LogP contribution < -0.4 is 10.6 Å². The van der Waals surface area contributed by atoms with E-state index in [0.717, 1.165) is 5.56 Å². The van der Waals surface area contributed by atoms with Crippen LogP contribution in [-0.2, 0) is 4.79 Å². The molecular formula is C11H13ClN2O4. The number of aliphatic carboxylic acids is 1. The Morgan fingerprint density at radius 2 is 2.11 bits per heavy atom. The number of rotatable bonds is 4. The van der Waals surface area contributed by atoms with Gasteiger partial charge in [-0.25, -0.2) is 9.59 Å². The predicted octanol–water partition coefficient (Wildman–Crippen LogP) is 1.22. The van der Waals surface area contributed by atoms with Crippen LogP contribution >= 0.6 is 11.6 Å². The Labute approximate surface area is 109 Å². The number of hydrogen-bond donors (Lipinski definition) is 4. The van der Waals surface area contributed by atoms with Crippen molar-refractivity contribution in [2.75, 3.05) is 11.9 Å². The Hall–Kier alpha value is -1.79. The first-order chi connectivity index (χ1) is 8.41. The minimum atomic E-state index is -1.64. The summed E-state index contributed by atoms with van der Waals surface area (Å²) in [6.07, 6.45) is -1.64. The predicted molar refractivity (Wildman–Crippen MR) is 66.9 cm³/mol. The molecule has 0 aliphatic rings. The van der Waals surface area contributed by atoms with E-state index >= 15 is 0 Å². The number of aliphatic hydroxyl groups is 1. The summed E-state index contributed by atoms with van der Waals surface area (Å²) < 4.78 is 0. The summed E-state index contributed by atoms with van der Waals surface area (Å²) in [4.78, 5) is 21.7. The number of nitrogens with one attached hydrogen (secondary N) is 2. The molecule has 1 rings (SSSR count). The number of carboxylic acids is 1. The lowest BCUT2D eigenvalue weighted by Gasteiger charge is -2.11. The monoisotopic (exact) mass is 272 g/mol. The van der Waals surface area contributed by atoms with Crippen molar-refractivity contribution in [3.8, 4) is 0 Å². The van der Waals surface area contributed by atoms with Gasteiger partial charge in [0.1, 0.15) is 0 Å². The number of amides is 2. The van der Waals surface area contributed by atoms with E-state index in [1.54, 1.807) is 25.1 Å². The zero-order chi connectivity index (χ0) is 13.7. The third-order valence-electron chi connectivity index (χ3n) is 2.18. The fourth-order valence-corrected chi connectivity index (χ4v) is 1.36. The van der Waals surface area contributed by atoms with E-state index in [4.69, 9.17) is 21.8 Å². The van der Waals surface area contributed by atoms with Gasteiger partial charge in [-0.05, 0) is 18.6 Å². The average molecular weight is 273 g/mol. The average Bonchev–Trinajstić information content (AvgIpc) is 2.32. The summed E-state index contributed by atoms with van der Waals surface area (Å²) in [5.41, 5.74) is 1.22. The van der Waals surface area contributed by atoms with E-state index in [9.17, 15) is 9.59 Å². The van der Waals surface area contributed by atoms with Gasteiger partial charge in [0.15, 0.2) is 6.10 Å². The van der Waals surface area contributed by atoms with Gasteiger partial charge in [0, 0.05) is 0 Å². The molecule has 4 N–H and O–H groups in total. The Bertz CT molecular complexity index is 464. The maximum absolute atomic E-state index is 11.4. The number of carbonyl (C=O) groups is 2. The molecule has 0 heterocycles. The summed E-state index contributed by atoms with van der Waals surface area (Å²) >= 11 is 5.96. The summed E-state index contributed by atoms with van der Waals surface area (Å²) in [6, 6.07) is 4.49. The highest BCUT2D eigenvalue weighted by Gasteiger charge is 2.14. The highest BCUT2D eigenvalue weighted by Crippen LogP contribution is 2.24. The zero-order valence-corrected chi connectivity index (χ0v) is 10.4. The van der Waals surface area contributed by atoms with Gasteiger partial charge in [-0.2, -0.15) is 0 Å². The maximum Gasteiger partial charge on any atom is 0.334 e. The lowest BCUT2D eigenvalue weighted by molar-refractivity contribution is -0.146. The molecule has 0 aromatic heterocycles. The Kier molecular flexibility index (Phi) is 4.94. The molecular weight excluding hydrogens is 260 g/mol. The van der Waals surface area contributed by atoms with Crippen molar-refractivity contribution in [1.82, 2.24) is 5.32 Å². The number of halogens is 1. The molecule has 1 aromatic carbocycles. The van der Waals surface area contributed by atoms with Crippen molar-refractivity contribution in [2.45, 2.75) is 13.0 Å². The number of benzene rings is 1. The van der Waals surface area contributed by atoms with Gasteiger partial charge in [-0.15, -0.1) is 0 Å². The van der Waals surface area contributed by atoms with Gasteiger partial charge in [0.05, 0.1) is 17.3 Å². The molecule has 0 aliphatic heterocycles. The van der Waals surface area contributed by atoms with Gasteiger partial charge < -0.3 is 20.8 Å². The smallest absolute Gasteiger partial charge is 0.334 e. The molecule has 6 nitrogen and oxygen atoms in total. The molecule has 0 spiro atoms. The van der Waals surface area contributed by atoms with Crippen LogP contribution in [0.5, 0.6) is 0 Å². The molecule has 0 aliphatic carbocycles. The number of urea groups is 1. The van der Waals surface area contributed by atoms with Crippen molar-refractivity contribution in [2.24, 2.45) is 0 Å². The zero-order valence-electron chi connectivity index (χ0n) is 9.61. The van der Waals surface area contributed by atoms with Crippen LogP contribution in [0.4, 0.5) is 10.5 Å². The lowest BCUT2D eigenvalue weighted by atomic mass is 10.2. The molecule has 18 heavy (non-hydrogen) atoms. The summed E-state index contributed by atoms with van der Waals surface area (Å²) in [5.74, 6) is -1.40. The van der Waals surface area contributed by atoms with Gasteiger partial charge in [0.25, 0.3) is 0 Å². The fraction of sp³-hybridized carbons (Fsp3) is 0.273. The maximum atomic E-state index is 11.4. The normalized spacial score (nSPS) is 11.7. The van der Waals surface area contributed by atoms with Crippen LogP contribution in [0.25, 0.3) is 0 Å². The van der Waals surface area contributed by atoms with E-state index in [1.165, 1.54) is 0 Å². The number of hydrogen-bond acceptors (Lipinski definition) is 3. The summed E-state index contributed by atoms with van der Waals surface area (Å²) in [5, 5.41) is 22.5. The first-order valence-electron chi connectivity index (χ1n) is 5.12. The second kappa shape index (κ2) is 6.23. The molecule has 2 amide bonds. The molecule has 1 atom stereocenters. The highest BCUT2D eigenvalue weighted by molar-refractivity contribution is 6.34. The number of aliphatic hydroxyl groups excluding tert-OH is 1. The van der Waals surface area contributed by atoms with E-state index in [0.29, 0.717) is 10.7 Å². The van der Waals surface area contributed by atoms with E-state index < -0.39 is 18.1 Å². The van der Waals surface area contributed by atoms with Crippen LogP contribution in [0.1, 0.15) is 5.56 Å². The Balaban J connectivity index is 2.55. The first kappa shape index (κ1) is 14.3. The Morgan fingerprint density at radius 3 is 2.72 bits per heavy atom. The van der Waals surface area contributed by atoms with Crippen molar-refractivity contribution in [3.63, 3.8) is 0 Å². The van der Waals surface area contributed by atoms with Crippen LogP contribution in [0.15, 0.2) is 18.2 Å². The summed E-state index contributed by atoms with van der Waals surface area (Å²) in [7, 11) is 0. The van der Waals surface area contributed by atoms with E-state index in [-0.39, 0.29) is 6.54 Å². The van der Waals surface area contributed by atoms with Crippen molar-refractivity contribution >= 4 is 29.3 Å². The number of carboxylic acid groups (broad SMARTS) is 1. The van der Waals surface area contributed by atoms with Crippen molar-refractivity contribution in [1.29, 1.82) is 0 Å². The molecule has 0 fully saturated rings. The first-order valence-corrected chi connectivity index (χ1v) is 5.50. The third-order valence-corrected chi connectivity index (χ3v) is 2.68. The molecule has 0 bridgehead atoms. The SMILES string of the molecule is Cc1cccc(NC(=O)NC[C@H](O)C(=O)O)c1Cl. The van der Waals surface area contributed by atoms with Crippen LogP contribution in [0, 0.1) is 6.92 Å². The van der Waals surface area contributed by atoms with Crippen LogP contribution in [-0.4, -0.2) is 34.9 Å². The van der Waals surface area contributed by atoms with Gasteiger partial charge >= 0.3 is 12.0 Å². The summed E-state index contributed by atoms with van der Waals surface area (Å²) in [6.45, 7) is 1.41. The third kappa shape index (κ3) is 3.90. The van der Waals surface area contributed by atoms with Crippen LogP contribution in [0.2, 0.25) is 5.02 Å². The fourth-order valence-electron chi connectivity index (χ4n) is 1.19. The minimum Gasteiger partial charge on any atom is -0.479 e. The number of anilines is 1. The van der Waals surface area contributed by atoms with Crippen molar-refractivity contribution < 1.29 is 19.8 Å². The molecule has 0 saturated carbocycles. The minimum absolute atomic E-state index is 0.384. The molecule has 0 unspecified atom stereocenters. The second-order valence-corrected chi connectivity index (χ2v) is 4.00. The Morgan fingerprint density at radius 1 is 1.44 bits per heavy atom. The number of carbonyl (C=O) groups excluding carboxylic acids is 1. The van der Waals surface area contributed by atoms with Gasteiger partial charge in [-0.3, -0.25) is 0 Å². The van der Waals surface area contributed by atoms with Gasteiger partial charge in [0.2, 0.25) is 0 Å². The standard InChI is InChI=1S/C11H13ClN2O4/c1-6-3-2-4-7(9(6)12)14-11(18)13-5-8(15)10(16)17/h2-4,8,15H,5H2,1H3,(H,16,17)(H2,13,14,18)/t8-/m0/s1. The molecule has 0 radical (unpaired) electrons. The molecule has 7 heteroatoms. The van der Waals surface area contributed by atoms with E-state index in [1.807, 2.05) is 0 Å². The van der Waals surface area contributed by atoms with Crippen LogP contribution in [0.3, 0.4) is 0 Å². The lowest BCUT2D eigenvalue weighted by Crippen LogP contribution is -2.38. The molecule has 98 valence electrons. The second-order valence-electron chi connectivity index (χ2n) is 3.63. The molecule has 0 saturated heterocycles. The topological polar surface area (TPSA) is 98.7 Å². The number of aryl methyl sites for hydroxylation is 1. The largest absolute Gasteiger partial charge is 0.479 e. The molecule has 1 aromatic rings. The highest BCUT2D eigenvalue weighted by atomic mass is 35.5. The van der Waals surface area contributed by atoms with Gasteiger partial charge in [-0.1, -0.05) is 23.7 Å².